The van der Waals surface area contributed by atoms with Crippen LogP contribution in [-0.2, 0) is 21.4 Å². The summed E-state index contributed by atoms with van der Waals surface area (Å²) in [6.45, 7) is 7.93. The lowest BCUT2D eigenvalue weighted by Gasteiger charge is -2.35. The molecular weight excluding hydrogens is 478 g/mol. The Kier molecular flexibility index (Phi) is 7.99. The maximum atomic E-state index is 13.0. The Labute approximate surface area is 204 Å². The van der Waals surface area contributed by atoms with E-state index in [0.717, 1.165) is 42.7 Å². The van der Waals surface area contributed by atoms with Gasteiger partial charge in [0.25, 0.3) is 10.0 Å². The standard InChI is InChI=1S/C21H31N7O4S2/c1-17(30)22-16-18-2-5-21(33-18)34(31,32)28-12-10-27(11-13-28)20-4-3-19(23-24-20)26-8-6-25(7-9-26)14-15-29/h2-5,29H,6-16H2,1H3,(H,22,30). The number of β-amino-alcohol motifs (C(OH)–C–C–N with tert-alkyl or cyclic N) is 1. The minimum absolute atomic E-state index is 0.148. The van der Waals surface area contributed by atoms with Crippen LogP contribution in [0.25, 0.3) is 0 Å². The molecule has 2 saturated heterocycles. The van der Waals surface area contributed by atoms with E-state index in [4.69, 9.17) is 5.11 Å². The monoisotopic (exact) mass is 509 g/mol. The minimum atomic E-state index is -3.57. The largest absolute Gasteiger partial charge is 0.395 e. The van der Waals surface area contributed by atoms with Gasteiger partial charge < -0.3 is 20.2 Å². The number of hydrogen-bond acceptors (Lipinski definition) is 10. The van der Waals surface area contributed by atoms with Crippen molar-refractivity contribution in [3.8, 4) is 0 Å². The topological polar surface area (TPSA) is 122 Å². The van der Waals surface area contributed by atoms with E-state index in [2.05, 4.69) is 30.2 Å². The second kappa shape index (κ2) is 11.0. The highest BCUT2D eigenvalue weighted by molar-refractivity contribution is 7.91. The third kappa shape index (κ3) is 5.84. The second-order valence-electron chi connectivity index (χ2n) is 8.32. The van der Waals surface area contributed by atoms with Crippen molar-refractivity contribution in [2.75, 3.05) is 75.3 Å². The zero-order chi connectivity index (χ0) is 24.1. The van der Waals surface area contributed by atoms with Crippen LogP contribution in [0, 0.1) is 0 Å². The van der Waals surface area contributed by atoms with Crippen LogP contribution in [0.5, 0.6) is 0 Å². The molecule has 0 spiro atoms. The van der Waals surface area contributed by atoms with Crippen LogP contribution in [0.15, 0.2) is 28.5 Å². The van der Waals surface area contributed by atoms with Crippen molar-refractivity contribution in [3.05, 3.63) is 29.1 Å². The maximum Gasteiger partial charge on any atom is 0.252 e. The summed E-state index contributed by atoms with van der Waals surface area (Å²) in [4.78, 5) is 18.4. The van der Waals surface area contributed by atoms with Gasteiger partial charge in [-0.1, -0.05) is 0 Å². The van der Waals surface area contributed by atoms with Gasteiger partial charge in [-0.05, 0) is 24.3 Å². The Bertz CT molecular complexity index is 1060. The number of nitrogens with one attached hydrogen (secondary N) is 1. The van der Waals surface area contributed by atoms with Gasteiger partial charge >= 0.3 is 0 Å². The lowest BCUT2D eigenvalue weighted by atomic mass is 10.3. The molecule has 0 aromatic carbocycles. The average molecular weight is 510 g/mol. The molecule has 0 aliphatic carbocycles. The Morgan fingerprint density at radius 3 is 2.09 bits per heavy atom. The third-order valence-electron chi connectivity index (χ3n) is 6.05. The number of aliphatic hydroxyl groups is 1. The Hall–Kier alpha value is -2.32. The molecule has 4 rings (SSSR count). The number of piperazine rings is 2. The van der Waals surface area contributed by atoms with E-state index in [-0.39, 0.29) is 12.5 Å². The average Bonchev–Trinajstić information content (AvgIpc) is 3.34. The Balaban J connectivity index is 1.31. The Morgan fingerprint density at radius 1 is 0.971 bits per heavy atom. The fourth-order valence-corrected chi connectivity index (χ4v) is 6.96. The van der Waals surface area contributed by atoms with Gasteiger partial charge in [0.05, 0.1) is 13.2 Å². The molecule has 186 valence electrons. The number of rotatable bonds is 8. The van der Waals surface area contributed by atoms with Crippen molar-refractivity contribution < 1.29 is 18.3 Å². The van der Waals surface area contributed by atoms with Crippen molar-refractivity contribution in [1.29, 1.82) is 0 Å². The molecule has 2 aromatic rings. The Morgan fingerprint density at radius 2 is 1.56 bits per heavy atom. The smallest absolute Gasteiger partial charge is 0.252 e. The third-order valence-corrected chi connectivity index (χ3v) is 9.51. The highest BCUT2D eigenvalue weighted by atomic mass is 32.2. The van der Waals surface area contributed by atoms with Crippen molar-refractivity contribution in [2.24, 2.45) is 0 Å². The summed E-state index contributed by atoms with van der Waals surface area (Å²) in [5, 5.41) is 20.6. The van der Waals surface area contributed by atoms with Gasteiger partial charge in [-0.2, -0.15) is 4.31 Å². The molecule has 0 atom stereocenters. The van der Waals surface area contributed by atoms with E-state index in [0.29, 0.717) is 43.5 Å². The summed E-state index contributed by atoms with van der Waals surface area (Å²) in [7, 11) is -3.57. The number of thiophene rings is 1. The quantitative estimate of drug-likeness (QED) is 0.498. The van der Waals surface area contributed by atoms with Crippen LogP contribution in [0.2, 0.25) is 0 Å². The predicted octanol–water partition coefficient (Wildman–Crippen LogP) is -0.201. The number of amides is 1. The summed E-state index contributed by atoms with van der Waals surface area (Å²) in [6.07, 6.45) is 0. The summed E-state index contributed by atoms with van der Waals surface area (Å²) in [5.41, 5.74) is 0. The molecule has 2 N–H and O–H groups in total. The van der Waals surface area contributed by atoms with E-state index in [9.17, 15) is 13.2 Å². The minimum Gasteiger partial charge on any atom is -0.395 e. The first kappa shape index (κ1) is 24.8. The first-order chi connectivity index (χ1) is 16.4. The number of hydrogen-bond donors (Lipinski definition) is 2. The maximum absolute atomic E-state index is 13.0. The van der Waals surface area contributed by atoms with Crippen LogP contribution >= 0.6 is 11.3 Å². The number of carbonyl (C=O) groups excluding carboxylic acids is 1. The van der Waals surface area contributed by atoms with Crippen molar-refractivity contribution in [1.82, 2.24) is 24.7 Å². The van der Waals surface area contributed by atoms with E-state index >= 15 is 0 Å². The molecule has 0 saturated carbocycles. The van der Waals surface area contributed by atoms with Crippen molar-refractivity contribution in [3.63, 3.8) is 0 Å². The van der Waals surface area contributed by atoms with Gasteiger partial charge in [0.1, 0.15) is 4.21 Å². The van der Waals surface area contributed by atoms with Crippen molar-refractivity contribution in [2.45, 2.75) is 17.7 Å². The molecule has 11 nitrogen and oxygen atoms in total. The van der Waals surface area contributed by atoms with Crippen molar-refractivity contribution >= 4 is 38.9 Å². The molecule has 2 fully saturated rings. The number of aromatic nitrogens is 2. The fraction of sp³-hybridized carbons (Fsp3) is 0.571. The summed E-state index contributed by atoms with van der Waals surface area (Å²) in [5.74, 6) is 1.43. The lowest BCUT2D eigenvalue weighted by Crippen LogP contribution is -2.49. The summed E-state index contributed by atoms with van der Waals surface area (Å²) in [6, 6.07) is 7.26. The molecule has 2 aliphatic heterocycles. The molecule has 2 aromatic heterocycles. The van der Waals surface area contributed by atoms with Gasteiger partial charge in [-0.25, -0.2) is 8.42 Å². The molecule has 13 heteroatoms. The molecule has 34 heavy (non-hydrogen) atoms. The predicted molar refractivity (Wildman–Crippen MR) is 131 cm³/mol. The van der Waals surface area contributed by atoms with E-state index < -0.39 is 10.0 Å². The van der Waals surface area contributed by atoms with Gasteiger partial charge in [-0.3, -0.25) is 9.69 Å². The molecule has 0 bridgehead atoms. The van der Waals surface area contributed by atoms with E-state index in [1.165, 1.54) is 22.6 Å². The lowest BCUT2D eigenvalue weighted by molar-refractivity contribution is -0.119. The second-order valence-corrected chi connectivity index (χ2v) is 11.7. The highest BCUT2D eigenvalue weighted by Crippen LogP contribution is 2.26. The summed E-state index contributed by atoms with van der Waals surface area (Å²) >= 11 is 1.19. The molecule has 0 unspecified atom stereocenters. The summed E-state index contributed by atoms with van der Waals surface area (Å²) < 4.78 is 27.9. The number of sulfonamides is 1. The van der Waals surface area contributed by atoms with Crippen LogP contribution in [0.4, 0.5) is 11.6 Å². The first-order valence-electron chi connectivity index (χ1n) is 11.4. The van der Waals surface area contributed by atoms with Crippen LogP contribution < -0.4 is 15.1 Å². The number of anilines is 2. The molecule has 0 radical (unpaired) electrons. The van der Waals surface area contributed by atoms with Crippen LogP contribution in [0.1, 0.15) is 11.8 Å². The normalized spacial score (nSPS) is 18.3. The number of aliphatic hydroxyl groups excluding tert-OH is 1. The van der Waals surface area contributed by atoms with E-state index in [1.807, 2.05) is 12.1 Å². The molecule has 2 aliphatic rings. The number of nitrogens with zero attached hydrogens (tertiary/aromatic N) is 6. The number of carbonyl (C=O) groups is 1. The molecule has 4 heterocycles. The van der Waals surface area contributed by atoms with Gasteiger partial charge in [0.2, 0.25) is 5.91 Å². The van der Waals surface area contributed by atoms with Gasteiger partial charge in [0, 0.05) is 70.7 Å². The fourth-order valence-electron chi connectivity index (χ4n) is 4.09. The van der Waals surface area contributed by atoms with Crippen LogP contribution in [0.3, 0.4) is 0 Å². The van der Waals surface area contributed by atoms with Gasteiger partial charge in [0.15, 0.2) is 11.6 Å². The van der Waals surface area contributed by atoms with Gasteiger partial charge in [-0.15, -0.1) is 21.5 Å². The zero-order valence-corrected chi connectivity index (χ0v) is 20.9. The molecule has 1 amide bonds. The zero-order valence-electron chi connectivity index (χ0n) is 19.3. The first-order valence-corrected chi connectivity index (χ1v) is 13.6. The van der Waals surface area contributed by atoms with E-state index in [1.54, 1.807) is 12.1 Å². The molecular formula is C21H31N7O4S2. The van der Waals surface area contributed by atoms with Crippen LogP contribution in [-0.4, -0.2) is 104 Å². The highest BCUT2D eigenvalue weighted by Gasteiger charge is 2.30. The SMILES string of the molecule is CC(=O)NCc1ccc(S(=O)(=O)N2CCN(c3ccc(N4CCN(CCO)CC4)nn3)CC2)s1.